The van der Waals surface area contributed by atoms with E-state index in [-0.39, 0.29) is 11.6 Å². The molecule has 3 aromatic rings. The number of aromatic nitrogens is 1. The Bertz CT molecular complexity index is 1680. The van der Waals surface area contributed by atoms with Gasteiger partial charge < -0.3 is 20.1 Å². The molecule has 0 radical (unpaired) electrons. The minimum absolute atomic E-state index is 0.0476. The predicted molar refractivity (Wildman–Crippen MR) is 166 cm³/mol. The summed E-state index contributed by atoms with van der Waals surface area (Å²) < 4.78 is 5.57. The number of halogens is 2. The van der Waals surface area contributed by atoms with Crippen molar-refractivity contribution in [1.82, 2.24) is 19.7 Å². The molecule has 2 aliphatic rings. The Balaban J connectivity index is 1.39. The molecule has 5 rings (SSSR count). The third-order valence-corrected chi connectivity index (χ3v) is 8.84. The van der Waals surface area contributed by atoms with E-state index >= 15 is 0 Å². The number of hydrogen-bond donors (Lipinski definition) is 2. The molecule has 3 heterocycles. The normalized spacial score (nSPS) is 18.2. The zero-order chi connectivity index (χ0) is 31.9. The number of hydrogen-bond acceptors (Lipinski definition) is 7. The number of nitrogens with one attached hydrogen (secondary N) is 1. The molecule has 4 amide bonds. The number of pyridine rings is 1. The van der Waals surface area contributed by atoms with Gasteiger partial charge in [0.2, 0.25) is 17.7 Å². The number of urea groups is 1. The number of carbonyl (C=O) groups excluding carboxylic acids is 3. The minimum Gasteiger partial charge on any atom is -0.481 e. The van der Waals surface area contributed by atoms with Crippen LogP contribution in [0.1, 0.15) is 12.5 Å². The molecule has 2 fully saturated rings. The molecule has 1 unspecified atom stereocenters. The molecule has 0 saturated carbocycles. The van der Waals surface area contributed by atoms with Crippen molar-refractivity contribution in [1.29, 1.82) is 0 Å². The first kappa shape index (κ1) is 31.2. The number of benzene rings is 2. The lowest BCUT2D eigenvalue weighted by Crippen LogP contribution is -2.58. The molecule has 0 spiro atoms. The summed E-state index contributed by atoms with van der Waals surface area (Å²) in [5.74, 6) is -2.66. The monoisotopic (exact) mass is 639 g/mol. The summed E-state index contributed by atoms with van der Waals surface area (Å²) in [5.41, 5.74) is 2.71. The minimum atomic E-state index is -1.08. The van der Waals surface area contributed by atoms with Crippen LogP contribution in [0.2, 0.25) is 10.0 Å². The average molecular weight is 641 g/mol. The molecule has 0 bridgehead atoms. The van der Waals surface area contributed by atoms with Gasteiger partial charge in [-0.15, -0.1) is 0 Å². The number of nitrogens with zero attached hydrogens (tertiary/aromatic N) is 4. The maximum Gasteiger partial charge on any atom is 0.326 e. The highest BCUT2D eigenvalue weighted by Crippen LogP contribution is 2.42. The van der Waals surface area contributed by atoms with Crippen LogP contribution < -0.4 is 10.1 Å². The smallest absolute Gasteiger partial charge is 0.326 e. The number of aliphatic carboxylic acids is 1. The zero-order valence-electron chi connectivity index (χ0n) is 24.6. The van der Waals surface area contributed by atoms with Crippen LogP contribution in [-0.4, -0.2) is 89.4 Å². The van der Waals surface area contributed by atoms with Gasteiger partial charge in [-0.05, 0) is 19.1 Å². The highest BCUT2D eigenvalue weighted by molar-refractivity contribution is 6.39. The fourth-order valence-corrected chi connectivity index (χ4v) is 6.15. The Kier molecular flexibility index (Phi) is 8.57. The van der Waals surface area contributed by atoms with Crippen LogP contribution in [0.5, 0.6) is 5.88 Å². The average Bonchev–Trinajstić information content (AvgIpc) is 2.98. The van der Waals surface area contributed by atoms with Crippen LogP contribution in [0.15, 0.2) is 48.5 Å². The van der Waals surface area contributed by atoms with Gasteiger partial charge in [0.1, 0.15) is 5.92 Å². The van der Waals surface area contributed by atoms with Gasteiger partial charge in [0.05, 0.1) is 34.0 Å². The molecule has 0 aliphatic carbocycles. The summed E-state index contributed by atoms with van der Waals surface area (Å²) in [5, 5.41) is 12.7. The summed E-state index contributed by atoms with van der Waals surface area (Å²) in [6, 6.07) is 13.8. The van der Waals surface area contributed by atoms with Crippen LogP contribution in [0.4, 0.5) is 10.5 Å². The van der Waals surface area contributed by atoms with Gasteiger partial charge in [-0.2, -0.15) is 0 Å². The fraction of sp³-hybridized carbons (Fsp3) is 0.323. The standard InChI is InChI=1S/C31H31Cl2N5O6/c1-31(29(41)42)15-38(16-31)13-17-11-12-22(35-27(17)44-4)20-9-5-7-18(24(20)32)19-8-6-10-23(25(19)33)34-26(39)21-14-36(2)30(43)37(3)28(21)40/h5-12,21H,13-16H2,1-4H3,(H,34,39)(H,41,42). The van der Waals surface area contributed by atoms with Gasteiger partial charge in [0.15, 0.2) is 0 Å². The summed E-state index contributed by atoms with van der Waals surface area (Å²) in [6.07, 6.45) is 0. The molecule has 1 aromatic heterocycles. The van der Waals surface area contributed by atoms with Crippen LogP contribution in [0.3, 0.4) is 0 Å². The maximum atomic E-state index is 13.1. The van der Waals surface area contributed by atoms with Crippen molar-refractivity contribution in [2.45, 2.75) is 13.5 Å². The third-order valence-electron chi connectivity index (χ3n) is 8.02. The van der Waals surface area contributed by atoms with E-state index in [1.54, 1.807) is 31.2 Å². The molecule has 2 aliphatic heterocycles. The zero-order valence-corrected chi connectivity index (χ0v) is 26.1. The van der Waals surface area contributed by atoms with Crippen molar-refractivity contribution in [3.63, 3.8) is 0 Å². The van der Waals surface area contributed by atoms with Crippen molar-refractivity contribution >= 4 is 52.7 Å². The molecule has 2 saturated heterocycles. The van der Waals surface area contributed by atoms with Gasteiger partial charge in [0, 0.05) is 62.5 Å². The number of rotatable bonds is 8. The van der Waals surface area contributed by atoms with Gasteiger partial charge >= 0.3 is 12.0 Å². The van der Waals surface area contributed by atoms with Crippen molar-refractivity contribution in [3.8, 4) is 28.3 Å². The van der Waals surface area contributed by atoms with Crippen LogP contribution >= 0.6 is 23.2 Å². The molecule has 44 heavy (non-hydrogen) atoms. The van der Waals surface area contributed by atoms with Crippen LogP contribution in [-0.2, 0) is 20.9 Å². The largest absolute Gasteiger partial charge is 0.481 e. The quantitative estimate of drug-likeness (QED) is 0.339. The predicted octanol–water partition coefficient (Wildman–Crippen LogP) is 4.72. The fourth-order valence-electron chi connectivity index (χ4n) is 5.55. The Morgan fingerprint density at radius 2 is 1.66 bits per heavy atom. The van der Waals surface area contributed by atoms with Crippen LogP contribution in [0.25, 0.3) is 22.4 Å². The second kappa shape index (κ2) is 12.1. The van der Waals surface area contributed by atoms with Crippen molar-refractivity contribution < 1.29 is 29.0 Å². The van der Waals surface area contributed by atoms with E-state index in [2.05, 4.69) is 5.32 Å². The third kappa shape index (κ3) is 5.70. The number of likely N-dealkylation sites (tertiary alicyclic amines) is 1. The number of carboxylic acids is 1. The number of methoxy groups -OCH3 is 1. The first-order chi connectivity index (χ1) is 20.8. The summed E-state index contributed by atoms with van der Waals surface area (Å²) in [7, 11) is 4.39. The second-order valence-electron chi connectivity index (χ2n) is 11.3. The molecular weight excluding hydrogens is 609 g/mol. The maximum absolute atomic E-state index is 13.1. The SMILES string of the molecule is COc1nc(-c2cccc(-c3cccc(NC(=O)C4CN(C)C(=O)N(C)C4=O)c3Cl)c2Cl)ccc1CN1CC(C)(C(=O)O)C1. The lowest BCUT2D eigenvalue weighted by atomic mass is 9.82. The lowest BCUT2D eigenvalue weighted by molar-refractivity contribution is -0.159. The number of ether oxygens (including phenoxy) is 1. The molecule has 1 atom stereocenters. The van der Waals surface area contributed by atoms with E-state index in [0.717, 1.165) is 10.5 Å². The summed E-state index contributed by atoms with van der Waals surface area (Å²) in [6.45, 7) is 3.05. The number of amides is 4. The van der Waals surface area contributed by atoms with Gasteiger partial charge in [-0.1, -0.05) is 59.6 Å². The van der Waals surface area contributed by atoms with Gasteiger partial charge in [-0.3, -0.25) is 24.2 Å². The van der Waals surface area contributed by atoms with E-state index in [0.29, 0.717) is 58.6 Å². The first-order valence-electron chi connectivity index (χ1n) is 13.8. The molecule has 2 aromatic carbocycles. The number of carboxylic acid groups (broad SMARTS) is 1. The van der Waals surface area contributed by atoms with E-state index in [9.17, 15) is 24.3 Å². The number of anilines is 1. The van der Waals surface area contributed by atoms with E-state index in [1.165, 1.54) is 26.1 Å². The van der Waals surface area contributed by atoms with Crippen molar-refractivity contribution in [2.24, 2.45) is 11.3 Å². The molecule has 2 N–H and O–H groups in total. The molecule has 230 valence electrons. The van der Waals surface area contributed by atoms with Crippen molar-refractivity contribution in [2.75, 3.05) is 46.2 Å². The number of carbonyl (C=O) groups is 4. The highest BCUT2D eigenvalue weighted by Gasteiger charge is 2.45. The van der Waals surface area contributed by atoms with E-state index in [1.807, 2.05) is 29.2 Å². The molecular formula is C31H31Cl2N5O6. The molecule has 11 nitrogen and oxygen atoms in total. The topological polar surface area (TPSA) is 132 Å². The van der Waals surface area contributed by atoms with Crippen LogP contribution in [0, 0.1) is 11.3 Å². The lowest BCUT2D eigenvalue weighted by Gasteiger charge is -2.45. The Labute approximate surface area is 264 Å². The Morgan fingerprint density at radius 3 is 2.32 bits per heavy atom. The van der Waals surface area contributed by atoms with E-state index in [4.69, 9.17) is 32.9 Å². The van der Waals surface area contributed by atoms with Gasteiger partial charge in [0.25, 0.3) is 0 Å². The molecule has 13 heteroatoms. The summed E-state index contributed by atoms with van der Waals surface area (Å²) >= 11 is 13.7. The Hall–Kier alpha value is -4.19. The first-order valence-corrected chi connectivity index (χ1v) is 14.5. The highest BCUT2D eigenvalue weighted by atomic mass is 35.5. The second-order valence-corrected chi connectivity index (χ2v) is 12.1. The summed E-state index contributed by atoms with van der Waals surface area (Å²) in [4.78, 5) is 58.2. The van der Waals surface area contributed by atoms with Crippen molar-refractivity contribution in [3.05, 3.63) is 64.1 Å². The van der Waals surface area contributed by atoms with Gasteiger partial charge in [-0.25, -0.2) is 9.78 Å². The van der Waals surface area contributed by atoms with E-state index < -0.39 is 35.1 Å². The number of imide groups is 1. The Morgan fingerprint density at radius 1 is 1.02 bits per heavy atom.